The van der Waals surface area contributed by atoms with Crippen molar-refractivity contribution >= 4 is 18.4 Å². The Labute approximate surface area is 125 Å². The molecule has 0 aliphatic carbocycles. The van der Waals surface area contributed by atoms with Crippen LogP contribution in [0.5, 0.6) is 0 Å². The normalized spacial score (nSPS) is 19.4. The fourth-order valence-electron chi connectivity index (χ4n) is 2.66. The number of hydrogen-bond acceptors (Lipinski definition) is 5. The van der Waals surface area contributed by atoms with Gasteiger partial charge in [0.2, 0.25) is 5.76 Å². The lowest BCUT2D eigenvalue weighted by Crippen LogP contribution is -2.40. The number of nitrogens with zero attached hydrogens (tertiary/aromatic N) is 1. The lowest BCUT2D eigenvalue weighted by atomic mass is 9.99. The predicted octanol–water partition coefficient (Wildman–Crippen LogP) is 2.19. The summed E-state index contributed by atoms with van der Waals surface area (Å²) in [6, 6.07) is 4.05. The van der Waals surface area contributed by atoms with Crippen LogP contribution in [-0.2, 0) is 11.3 Å². The highest BCUT2D eigenvalue weighted by Gasteiger charge is 2.23. The van der Waals surface area contributed by atoms with E-state index in [1.165, 1.54) is 26.4 Å². The third-order valence-electron chi connectivity index (χ3n) is 3.66. The highest BCUT2D eigenvalue weighted by atomic mass is 35.5. The number of methoxy groups -OCH3 is 1. The second kappa shape index (κ2) is 8.29. The number of piperidine rings is 1. The zero-order valence-corrected chi connectivity index (χ0v) is 12.7. The molecule has 0 saturated carbocycles. The summed E-state index contributed by atoms with van der Waals surface area (Å²) in [5.74, 6) is 0.651. The molecule has 2 rings (SSSR count). The Balaban J connectivity index is 0.00000200. The van der Waals surface area contributed by atoms with Gasteiger partial charge in [-0.15, -0.1) is 12.4 Å². The van der Waals surface area contributed by atoms with E-state index in [0.29, 0.717) is 12.6 Å². The summed E-state index contributed by atoms with van der Waals surface area (Å²) in [5, 5.41) is 0. The molecule has 0 radical (unpaired) electrons. The molecular formula is C14H23ClN2O3. The quantitative estimate of drug-likeness (QED) is 0.844. The summed E-state index contributed by atoms with van der Waals surface area (Å²) in [6.07, 6.45) is 4.70. The van der Waals surface area contributed by atoms with E-state index in [1.807, 2.05) is 6.07 Å². The van der Waals surface area contributed by atoms with Crippen molar-refractivity contribution in [1.82, 2.24) is 4.90 Å². The van der Waals surface area contributed by atoms with Crippen LogP contribution in [0.15, 0.2) is 16.5 Å². The van der Waals surface area contributed by atoms with Gasteiger partial charge in [-0.3, -0.25) is 4.90 Å². The Bertz CT molecular complexity index is 420. The topological polar surface area (TPSA) is 68.7 Å². The van der Waals surface area contributed by atoms with E-state index in [-0.39, 0.29) is 18.2 Å². The van der Waals surface area contributed by atoms with E-state index in [9.17, 15) is 4.79 Å². The molecule has 1 saturated heterocycles. The number of nitrogens with two attached hydrogens (primary N) is 1. The Kier molecular flexibility index (Phi) is 7.05. The highest BCUT2D eigenvalue weighted by Crippen LogP contribution is 2.22. The van der Waals surface area contributed by atoms with Crippen LogP contribution in [0.1, 0.15) is 42.0 Å². The summed E-state index contributed by atoms with van der Waals surface area (Å²) >= 11 is 0. The van der Waals surface area contributed by atoms with Crippen LogP contribution in [0.4, 0.5) is 0 Å². The number of carbonyl (C=O) groups excluding carboxylic acids is 1. The maximum atomic E-state index is 11.3. The second-order valence-electron chi connectivity index (χ2n) is 4.95. The fraction of sp³-hybridized carbons (Fsp3) is 0.643. The average molecular weight is 303 g/mol. The van der Waals surface area contributed by atoms with Crippen LogP contribution >= 0.6 is 12.4 Å². The van der Waals surface area contributed by atoms with Gasteiger partial charge in [0.05, 0.1) is 13.7 Å². The first-order chi connectivity index (χ1) is 9.24. The molecule has 1 aromatic rings. The van der Waals surface area contributed by atoms with E-state index in [2.05, 4.69) is 9.64 Å². The third-order valence-corrected chi connectivity index (χ3v) is 3.66. The molecule has 1 aliphatic heterocycles. The van der Waals surface area contributed by atoms with Crippen LogP contribution < -0.4 is 5.73 Å². The van der Waals surface area contributed by atoms with E-state index in [0.717, 1.165) is 25.3 Å². The largest absolute Gasteiger partial charge is 0.463 e. The number of likely N-dealkylation sites (tertiary alicyclic amines) is 1. The van der Waals surface area contributed by atoms with Crippen molar-refractivity contribution in [3.8, 4) is 0 Å². The molecule has 1 fully saturated rings. The maximum Gasteiger partial charge on any atom is 0.373 e. The molecule has 6 heteroatoms. The summed E-state index contributed by atoms with van der Waals surface area (Å²) in [6.45, 7) is 2.52. The van der Waals surface area contributed by atoms with Crippen LogP contribution in [0, 0.1) is 0 Å². The minimum absolute atomic E-state index is 0. The van der Waals surface area contributed by atoms with Crippen molar-refractivity contribution in [2.45, 2.75) is 38.3 Å². The van der Waals surface area contributed by atoms with Gasteiger partial charge in [0.1, 0.15) is 5.76 Å². The Morgan fingerprint density at radius 2 is 2.30 bits per heavy atom. The summed E-state index contributed by atoms with van der Waals surface area (Å²) in [4.78, 5) is 13.7. The monoisotopic (exact) mass is 302 g/mol. The number of hydrogen-bond donors (Lipinski definition) is 1. The van der Waals surface area contributed by atoms with Crippen molar-refractivity contribution in [1.29, 1.82) is 0 Å². The fourth-order valence-corrected chi connectivity index (χ4v) is 2.66. The minimum Gasteiger partial charge on any atom is -0.463 e. The molecule has 1 aliphatic rings. The van der Waals surface area contributed by atoms with Crippen molar-refractivity contribution in [3.63, 3.8) is 0 Å². The summed E-state index contributed by atoms with van der Waals surface area (Å²) in [7, 11) is 1.35. The van der Waals surface area contributed by atoms with Crippen LogP contribution in [0.2, 0.25) is 0 Å². The van der Waals surface area contributed by atoms with Gasteiger partial charge in [0.15, 0.2) is 0 Å². The van der Waals surface area contributed by atoms with Gasteiger partial charge < -0.3 is 14.9 Å². The first kappa shape index (κ1) is 17.0. The summed E-state index contributed by atoms with van der Waals surface area (Å²) in [5.41, 5.74) is 5.67. The molecule has 1 atom stereocenters. The number of halogens is 1. The number of rotatable bonds is 5. The third kappa shape index (κ3) is 4.23. The summed E-state index contributed by atoms with van der Waals surface area (Å²) < 4.78 is 10.2. The smallest absolute Gasteiger partial charge is 0.373 e. The molecule has 2 N–H and O–H groups in total. The molecule has 114 valence electrons. The lowest BCUT2D eigenvalue weighted by Gasteiger charge is -2.34. The zero-order valence-electron chi connectivity index (χ0n) is 11.8. The average Bonchev–Trinajstić information content (AvgIpc) is 2.89. The molecule has 0 spiro atoms. The molecular weight excluding hydrogens is 280 g/mol. The lowest BCUT2D eigenvalue weighted by molar-refractivity contribution is 0.0558. The number of furan rings is 1. The number of carbonyl (C=O) groups is 1. The van der Waals surface area contributed by atoms with E-state index in [4.69, 9.17) is 10.2 Å². The first-order valence-electron chi connectivity index (χ1n) is 6.85. The van der Waals surface area contributed by atoms with Crippen LogP contribution in [-0.4, -0.2) is 37.1 Å². The van der Waals surface area contributed by atoms with E-state index in [1.54, 1.807) is 6.07 Å². The van der Waals surface area contributed by atoms with Crippen molar-refractivity contribution in [3.05, 3.63) is 23.7 Å². The predicted molar refractivity (Wildman–Crippen MR) is 79.0 cm³/mol. The molecule has 1 unspecified atom stereocenters. The maximum absolute atomic E-state index is 11.3. The number of ether oxygens (including phenoxy) is 1. The van der Waals surface area contributed by atoms with Crippen molar-refractivity contribution in [2.75, 3.05) is 20.2 Å². The molecule has 1 aromatic heterocycles. The van der Waals surface area contributed by atoms with Gasteiger partial charge in [-0.25, -0.2) is 4.79 Å². The van der Waals surface area contributed by atoms with Crippen molar-refractivity contribution in [2.24, 2.45) is 5.73 Å². The highest BCUT2D eigenvalue weighted by molar-refractivity contribution is 5.86. The van der Waals surface area contributed by atoms with E-state index < -0.39 is 5.97 Å². The first-order valence-corrected chi connectivity index (χ1v) is 6.85. The van der Waals surface area contributed by atoms with Crippen LogP contribution in [0.3, 0.4) is 0 Å². The van der Waals surface area contributed by atoms with Gasteiger partial charge in [-0.05, 0) is 44.5 Å². The standard InChI is InChI=1S/C14H22N2O3.ClH/c1-18-14(17)13-6-5-12(19-13)10-16-9-3-2-4-11(16)7-8-15;/h5-6,11H,2-4,7-10,15H2,1H3;1H. The van der Waals surface area contributed by atoms with Gasteiger partial charge >= 0.3 is 5.97 Å². The molecule has 5 nitrogen and oxygen atoms in total. The zero-order chi connectivity index (χ0) is 13.7. The Morgan fingerprint density at radius 1 is 1.50 bits per heavy atom. The van der Waals surface area contributed by atoms with Gasteiger partial charge in [-0.1, -0.05) is 6.42 Å². The van der Waals surface area contributed by atoms with Crippen LogP contribution in [0.25, 0.3) is 0 Å². The molecule has 2 heterocycles. The number of esters is 1. The van der Waals surface area contributed by atoms with Gasteiger partial charge in [-0.2, -0.15) is 0 Å². The minimum atomic E-state index is -0.427. The van der Waals surface area contributed by atoms with Crippen molar-refractivity contribution < 1.29 is 13.9 Å². The molecule has 0 bridgehead atoms. The SMILES string of the molecule is COC(=O)c1ccc(CN2CCCCC2CCN)o1.Cl. The Hall–Kier alpha value is -1.04. The van der Waals surface area contributed by atoms with Gasteiger partial charge in [0, 0.05) is 6.04 Å². The molecule has 0 amide bonds. The Morgan fingerprint density at radius 3 is 3.00 bits per heavy atom. The second-order valence-corrected chi connectivity index (χ2v) is 4.95. The molecule has 20 heavy (non-hydrogen) atoms. The molecule has 0 aromatic carbocycles. The van der Waals surface area contributed by atoms with E-state index >= 15 is 0 Å². The van der Waals surface area contributed by atoms with Gasteiger partial charge in [0.25, 0.3) is 0 Å².